The van der Waals surface area contributed by atoms with Gasteiger partial charge in [-0.3, -0.25) is 0 Å². The highest BCUT2D eigenvalue weighted by Crippen LogP contribution is 2.21. The van der Waals surface area contributed by atoms with Gasteiger partial charge in [0.1, 0.15) is 0 Å². The number of nitrogens with one attached hydrogen (secondary N) is 2. The van der Waals surface area contributed by atoms with E-state index in [1.54, 1.807) is 16.6 Å². The van der Waals surface area contributed by atoms with Crippen molar-refractivity contribution >= 4 is 10.0 Å². The normalized spacial score (nSPS) is 21.8. The molecule has 2 N–H and O–H groups in total. The number of likely N-dealkylation sites (N-methyl/N-ethyl adjacent to an activating group) is 1. The third-order valence-electron chi connectivity index (χ3n) is 4.13. The number of hydrogen-bond donors (Lipinski definition) is 2. The van der Waals surface area contributed by atoms with Crippen LogP contribution in [0.15, 0.2) is 17.2 Å². The highest BCUT2D eigenvalue weighted by molar-refractivity contribution is 7.89. The van der Waals surface area contributed by atoms with Gasteiger partial charge >= 0.3 is 0 Å². The van der Waals surface area contributed by atoms with Crippen LogP contribution in [0.4, 0.5) is 0 Å². The van der Waals surface area contributed by atoms with Crippen LogP contribution in [0, 0.1) is 0 Å². The first kappa shape index (κ1) is 16.5. The Kier molecular flexibility index (Phi) is 5.43. The zero-order valence-corrected chi connectivity index (χ0v) is 13.9. The molecular formula is C14H26N4O2S. The number of H-pyrrole nitrogens is 1. The van der Waals surface area contributed by atoms with Gasteiger partial charge in [0.2, 0.25) is 10.0 Å². The fourth-order valence-corrected chi connectivity index (χ4v) is 4.14. The van der Waals surface area contributed by atoms with E-state index in [0.717, 1.165) is 25.2 Å². The molecule has 7 heteroatoms. The van der Waals surface area contributed by atoms with E-state index >= 15 is 0 Å². The van der Waals surface area contributed by atoms with Crippen molar-refractivity contribution in [3.63, 3.8) is 0 Å². The smallest absolute Gasteiger partial charge is 0.244 e. The van der Waals surface area contributed by atoms with E-state index < -0.39 is 10.0 Å². The first-order chi connectivity index (χ1) is 9.98. The number of rotatable bonds is 6. The lowest BCUT2D eigenvalue weighted by molar-refractivity contribution is 0.144. The van der Waals surface area contributed by atoms with Gasteiger partial charge in [-0.25, -0.2) is 8.42 Å². The molecule has 1 aliphatic heterocycles. The van der Waals surface area contributed by atoms with Crippen molar-refractivity contribution in [1.29, 1.82) is 0 Å². The van der Waals surface area contributed by atoms with E-state index in [2.05, 4.69) is 29.2 Å². The SMILES string of the molecule is CCNCc1cc(S(=O)(=O)N2CCN(C)C(CC)C2)c[nH]1. The van der Waals surface area contributed by atoms with Crippen LogP contribution in [0.25, 0.3) is 0 Å². The van der Waals surface area contributed by atoms with Crippen molar-refractivity contribution in [2.75, 3.05) is 33.2 Å². The number of piperazine rings is 1. The molecule has 6 nitrogen and oxygen atoms in total. The van der Waals surface area contributed by atoms with Gasteiger partial charge in [0.05, 0.1) is 4.90 Å². The molecule has 1 aromatic heterocycles. The summed E-state index contributed by atoms with van der Waals surface area (Å²) in [6, 6.07) is 2.03. The molecule has 1 fully saturated rings. The van der Waals surface area contributed by atoms with Crippen molar-refractivity contribution in [3.05, 3.63) is 18.0 Å². The quantitative estimate of drug-likeness (QED) is 0.816. The predicted octanol–water partition coefficient (Wildman–Crippen LogP) is 0.839. The van der Waals surface area contributed by atoms with Crippen LogP contribution in [-0.2, 0) is 16.6 Å². The molecule has 1 aromatic rings. The monoisotopic (exact) mass is 314 g/mol. The standard InChI is InChI=1S/C14H26N4O2S/c1-4-13-11-18(7-6-17(13)3)21(19,20)14-8-12(16-10-14)9-15-5-2/h8,10,13,15-16H,4-7,9,11H2,1-3H3. The van der Waals surface area contributed by atoms with Gasteiger partial charge in [-0.1, -0.05) is 13.8 Å². The Morgan fingerprint density at radius 1 is 1.38 bits per heavy atom. The van der Waals surface area contributed by atoms with Crippen LogP contribution in [0.5, 0.6) is 0 Å². The minimum absolute atomic E-state index is 0.300. The van der Waals surface area contributed by atoms with Crippen LogP contribution >= 0.6 is 0 Å². The molecule has 0 aliphatic carbocycles. The summed E-state index contributed by atoms with van der Waals surface area (Å²) in [5, 5.41) is 3.18. The van der Waals surface area contributed by atoms with E-state index in [0.29, 0.717) is 30.6 Å². The molecule has 1 saturated heterocycles. The minimum Gasteiger partial charge on any atom is -0.363 e. The minimum atomic E-state index is -3.39. The molecular weight excluding hydrogens is 288 g/mol. The molecule has 0 radical (unpaired) electrons. The molecule has 1 atom stereocenters. The van der Waals surface area contributed by atoms with Gasteiger partial charge in [-0.05, 0) is 26.1 Å². The molecule has 1 aliphatic rings. The Hall–Kier alpha value is -0.890. The molecule has 2 rings (SSSR count). The first-order valence-corrected chi connectivity index (χ1v) is 9.01. The second kappa shape index (κ2) is 6.91. The lowest BCUT2D eigenvalue weighted by Gasteiger charge is -2.38. The first-order valence-electron chi connectivity index (χ1n) is 7.57. The largest absolute Gasteiger partial charge is 0.363 e. The Balaban J connectivity index is 2.12. The maximum atomic E-state index is 12.7. The number of nitrogens with zero attached hydrogens (tertiary/aromatic N) is 2. The zero-order chi connectivity index (χ0) is 15.5. The Morgan fingerprint density at radius 2 is 2.14 bits per heavy atom. The molecule has 1 unspecified atom stereocenters. The van der Waals surface area contributed by atoms with Crippen LogP contribution in [0.1, 0.15) is 26.0 Å². The summed E-state index contributed by atoms with van der Waals surface area (Å²) < 4.78 is 27.0. The van der Waals surface area contributed by atoms with Crippen LogP contribution in [0.2, 0.25) is 0 Å². The average Bonchev–Trinajstić information content (AvgIpc) is 2.95. The molecule has 0 saturated carbocycles. The Bertz CT molecular complexity index is 555. The zero-order valence-electron chi connectivity index (χ0n) is 13.1. The van der Waals surface area contributed by atoms with Gasteiger partial charge in [-0.2, -0.15) is 4.31 Å². The second-order valence-corrected chi connectivity index (χ2v) is 7.48. The van der Waals surface area contributed by atoms with Gasteiger partial charge < -0.3 is 15.2 Å². The average molecular weight is 314 g/mol. The van der Waals surface area contributed by atoms with Crippen LogP contribution in [-0.4, -0.2) is 61.9 Å². The molecule has 0 bridgehead atoms. The molecule has 0 amide bonds. The van der Waals surface area contributed by atoms with E-state index in [-0.39, 0.29) is 0 Å². The van der Waals surface area contributed by atoms with Crippen LogP contribution < -0.4 is 5.32 Å². The van der Waals surface area contributed by atoms with Gasteiger partial charge in [0, 0.05) is 44.1 Å². The highest BCUT2D eigenvalue weighted by Gasteiger charge is 2.32. The third-order valence-corrected chi connectivity index (χ3v) is 5.97. The fourth-order valence-electron chi connectivity index (χ4n) is 2.66. The Morgan fingerprint density at radius 3 is 2.81 bits per heavy atom. The maximum absolute atomic E-state index is 12.7. The van der Waals surface area contributed by atoms with Gasteiger partial charge in [0.25, 0.3) is 0 Å². The topological polar surface area (TPSA) is 68.4 Å². The molecule has 0 aromatic carbocycles. The van der Waals surface area contributed by atoms with E-state index in [4.69, 9.17) is 0 Å². The van der Waals surface area contributed by atoms with Crippen molar-refractivity contribution in [3.8, 4) is 0 Å². The number of aromatic nitrogens is 1. The van der Waals surface area contributed by atoms with Gasteiger partial charge in [0.15, 0.2) is 0 Å². The van der Waals surface area contributed by atoms with Crippen molar-refractivity contribution < 1.29 is 8.42 Å². The summed E-state index contributed by atoms with van der Waals surface area (Å²) in [6.45, 7) is 7.56. The molecule has 2 heterocycles. The van der Waals surface area contributed by atoms with Crippen molar-refractivity contribution in [2.45, 2.75) is 37.8 Å². The number of hydrogen-bond acceptors (Lipinski definition) is 4. The summed E-state index contributed by atoms with van der Waals surface area (Å²) in [7, 11) is -1.33. The molecule has 120 valence electrons. The molecule has 21 heavy (non-hydrogen) atoms. The van der Waals surface area contributed by atoms with Crippen molar-refractivity contribution in [2.24, 2.45) is 0 Å². The summed E-state index contributed by atoms with van der Waals surface area (Å²) in [6.07, 6.45) is 2.56. The van der Waals surface area contributed by atoms with E-state index in [1.165, 1.54) is 0 Å². The number of aromatic amines is 1. The van der Waals surface area contributed by atoms with Crippen LogP contribution in [0.3, 0.4) is 0 Å². The fraction of sp³-hybridized carbons (Fsp3) is 0.714. The lowest BCUT2D eigenvalue weighted by atomic mass is 10.1. The van der Waals surface area contributed by atoms with Gasteiger partial charge in [-0.15, -0.1) is 0 Å². The summed E-state index contributed by atoms with van der Waals surface area (Å²) in [4.78, 5) is 5.65. The van der Waals surface area contributed by atoms with E-state index in [9.17, 15) is 8.42 Å². The number of sulfonamides is 1. The third kappa shape index (κ3) is 3.66. The summed E-state index contributed by atoms with van der Waals surface area (Å²) in [5.74, 6) is 0. The predicted molar refractivity (Wildman–Crippen MR) is 83.6 cm³/mol. The second-order valence-electron chi connectivity index (χ2n) is 5.55. The summed E-state index contributed by atoms with van der Waals surface area (Å²) in [5.41, 5.74) is 0.900. The lowest BCUT2D eigenvalue weighted by Crippen LogP contribution is -2.52. The van der Waals surface area contributed by atoms with E-state index in [1.807, 2.05) is 6.92 Å². The summed E-state index contributed by atoms with van der Waals surface area (Å²) >= 11 is 0. The highest BCUT2D eigenvalue weighted by atomic mass is 32.2. The van der Waals surface area contributed by atoms with Crippen molar-refractivity contribution in [1.82, 2.24) is 19.5 Å². The Labute approximate surface area is 127 Å². The maximum Gasteiger partial charge on any atom is 0.244 e. The molecule has 0 spiro atoms.